The smallest absolute Gasteiger partial charge is 0.414 e. The molecule has 4 rings (SSSR count). The fraction of sp³-hybridized carbons (Fsp3) is 0.364. The Labute approximate surface area is 179 Å². The number of anilines is 2. The van der Waals surface area contributed by atoms with E-state index in [0.717, 1.165) is 0 Å². The summed E-state index contributed by atoms with van der Waals surface area (Å²) in [6.45, 7) is 2.48. The van der Waals surface area contributed by atoms with Crippen LogP contribution in [0.2, 0.25) is 0 Å². The minimum Gasteiger partial charge on any atom is -0.484 e. The molecule has 8 nitrogen and oxygen atoms in total. The zero-order chi connectivity index (χ0) is 21.8. The Morgan fingerprint density at radius 1 is 1.13 bits per heavy atom. The van der Waals surface area contributed by atoms with E-state index in [1.54, 1.807) is 29.2 Å². The summed E-state index contributed by atoms with van der Waals surface area (Å²) in [6.07, 6.45) is -0.904. The van der Waals surface area contributed by atoms with E-state index >= 15 is 0 Å². The second kappa shape index (κ2) is 9.22. The molecule has 2 aromatic carbocycles. The molecule has 0 spiro atoms. The van der Waals surface area contributed by atoms with Crippen LogP contribution in [0.15, 0.2) is 48.5 Å². The average molecular weight is 428 g/mol. The van der Waals surface area contributed by atoms with E-state index in [9.17, 15) is 14.0 Å². The third-order valence-electron chi connectivity index (χ3n) is 5.46. The van der Waals surface area contributed by atoms with Crippen LogP contribution in [0.3, 0.4) is 0 Å². The van der Waals surface area contributed by atoms with E-state index < -0.39 is 11.9 Å². The highest BCUT2D eigenvalue weighted by Gasteiger charge is 2.32. The first-order valence-corrected chi connectivity index (χ1v) is 10.2. The molecule has 2 saturated heterocycles. The normalized spacial score (nSPS) is 18.8. The Kier molecular flexibility index (Phi) is 6.22. The summed E-state index contributed by atoms with van der Waals surface area (Å²) >= 11 is 0. The summed E-state index contributed by atoms with van der Waals surface area (Å²) in [5.74, 6) is 0.131. The lowest BCUT2D eigenvalue weighted by Crippen LogP contribution is -2.50. The van der Waals surface area contributed by atoms with Crippen LogP contribution in [0.1, 0.15) is 0 Å². The minimum atomic E-state index is -0.521. The largest absolute Gasteiger partial charge is 0.484 e. The lowest BCUT2D eigenvalue weighted by atomic mass is 10.2. The predicted molar refractivity (Wildman–Crippen MR) is 114 cm³/mol. The average Bonchev–Trinajstić information content (AvgIpc) is 3.19. The molecule has 2 heterocycles. The van der Waals surface area contributed by atoms with Crippen molar-refractivity contribution in [1.29, 1.82) is 0 Å². The van der Waals surface area contributed by atoms with Crippen LogP contribution >= 0.6 is 0 Å². The highest BCUT2D eigenvalue weighted by molar-refractivity contribution is 5.90. The van der Waals surface area contributed by atoms with Crippen molar-refractivity contribution in [2.24, 2.45) is 5.73 Å². The number of amides is 2. The third kappa shape index (κ3) is 4.72. The number of halogens is 1. The maximum Gasteiger partial charge on any atom is 0.414 e. The molecule has 2 N–H and O–H groups in total. The molecule has 1 unspecified atom stereocenters. The van der Waals surface area contributed by atoms with Crippen LogP contribution in [-0.2, 0) is 9.53 Å². The molecule has 31 heavy (non-hydrogen) atoms. The number of ether oxygens (including phenoxy) is 2. The highest BCUT2D eigenvalue weighted by Crippen LogP contribution is 2.28. The summed E-state index contributed by atoms with van der Waals surface area (Å²) in [4.78, 5) is 29.4. The molecule has 0 bridgehead atoms. The van der Waals surface area contributed by atoms with Gasteiger partial charge in [-0.2, -0.15) is 0 Å². The fourth-order valence-corrected chi connectivity index (χ4v) is 3.73. The molecule has 2 aliphatic rings. The van der Waals surface area contributed by atoms with Gasteiger partial charge in [-0.3, -0.25) is 9.69 Å². The number of carbonyl (C=O) groups is 2. The number of piperazine rings is 1. The van der Waals surface area contributed by atoms with Crippen LogP contribution in [0.5, 0.6) is 5.75 Å². The molecule has 0 aromatic heterocycles. The quantitative estimate of drug-likeness (QED) is 0.755. The summed E-state index contributed by atoms with van der Waals surface area (Å²) in [5.41, 5.74) is 6.43. The number of rotatable bonds is 6. The number of nitrogens with two attached hydrogens (primary N) is 1. The van der Waals surface area contributed by atoms with E-state index in [0.29, 0.717) is 49.8 Å². The van der Waals surface area contributed by atoms with Crippen LogP contribution in [-0.4, -0.2) is 68.9 Å². The Bertz CT molecular complexity index is 934. The first kappa shape index (κ1) is 20.9. The minimum absolute atomic E-state index is 0.0250. The van der Waals surface area contributed by atoms with Gasteiger partial charge in [0.05, 0.1) is 17.9 Å². The molecule has 2 aliphatic heterocycles. The molecule has 0 saturated carbocycles. The van der Waals surface area contributed by atoms with Gasteiger partial charge in [-0.25, -0.2) is 9.18 Å². The second-order valence-electron chi connectivity index (χ2n) is 7.46. The van der Waals surface area contributed by atoms with Gasteiger partial charge in [0, 0.05) is 32.7 Å². The van der Waals surface area contributed by atoms with Gasteiger partial charge in [-0.15, -0.1) is 0 Å². The molecule has 2 fully saturated rings. The Morgan fingerprint density at radius 2 is 1.87 bits per heavy atom. The number of para-hydroxylation sites is 1. The van der Waals surface area contributed by atoms with E-state index in [1.807, 2.05) is 23.1 Å². The number of hydrogen-bond acceptors (Lipinski definition) is 6. The maximum atomic E-state index is 14.8. The highest BCUT2D eigenvalue weighted by atomic mass is 19.1. The molecule has 2 aromatic rings. The maximum absolute atomic E-state index is 14.8. The van der Waals surface area contributed by atoms with Gasteiger partial charge < -0.3 is 25.0 Å². The molecular weight excluding hydrogens is 403 g/mol. The van der Waals surface area contributed by atoms with E-state index in [1.165, 1.54) is 11.0 Å². The van der Waals surface area contributed by atoms with Gasteiger partial charge in [0.1, 0.15) is 17.7 Å². The van der Waals surface area contributed by atoms with Crippen molar-refractivity contribution in [2.45, 2.75) is 6.10 Å². The SMILES string of the molecule is NCC1CN(c2ccc(N3CCN(C(=O)COc4ccccc4)CC3)c(F)c2)C(=O)O1. The molecule has 0 aliphatic carbocycles. The van der Waals surface area contributed by atoms with Crippen molar-refractivity contribution >= 4 is 23.4 Å². The van der Waals surface area contributed by atoms with Gasteiger partial charge in [0.15, 0.2) is 6.61 Å². The lowest BCUT2D eigenvalue weighted by Gasteiger charge is -2.36. The van der Waals surface area contributed by atoms with Gasteiger partial charge in [-0.05, 0) is 30.3 Å². The molecule has 0 radical (unpaired) electrons. The topological polar surface area (TPSA) is 88.3 Å². The number of cyclic esters (lactones) is 1. The zero-order valence-electron chi connectivity index (χ0n) is 17.1. The van der Waals surface area contributed by atoms with Gasteiger partial charge in [0.2, 0.25) is 0 Å². The Morgan fingerprint density at radius 3 is 2.52 bits per heavy atom. The summed E-state index contributed by atoms with van der Waals surface area (Å²) < 4.78 is 25.5. The van der Waals surface area contributed by atoms with Crippen molar-refractivity contribution in [3.05, 3.63) is 54.3 Å². The molecule has 9 heteroatoms. The monoisotopic (exact) mass is 428 g/mol. The van der Waals surface area contributed by atoms with Crippen molar-refractivity contribution < 1.29 is 23.5 Å². The molecule has 1 atom stereocenters. The third-order valence-corrected chi connectivity index (χ3v) is 5.46. The summed E-state index contributed by atoms with van der Waals surface area (Å²) in [5, 5.41) is 0. The van der Waals surface area contributed by atoms with Gasteiger partial charge >= 0.3 is 6.09 Å². The van der Waals surface area contributed by atoms with Crippen LogP contribution in [0, 0.1) is 5.82 Å². The standard InChI is InChI=1S/C22H25FN4O4/c23-19-12-16(27-14-18(13-24)31-22(27)29)6-7-20(19)25-8-10-26(11-9-25)21(28)15-30-17-4-2-1-3-5-17/h1-7,12,18H,8-11,13-15,24H2. The van der Waals surface area contributed by atoms with Crippen molar-refractivity contribution in [1.82, 2.24) is 4.90 Å². The first-order valence-electron chi connectivity index (χ1n) is 10.2. The Hall–Kier alpha value is -3.33. The van der Waals surface area contributed by atoms with E-state index in [-0.39, 0.29) is 25.2 Å². The van der Waals surface area contributed by atoms with E-state index in [2.05, 4.69) is 0 Å². The second-order valence-corrected chi connectivity index (χ2v) is 7.46. The Balaban J connectivity index is 1.32. The van der Waals surface area contributed by atoms with Crippen LogP contribution in [0.4, 0.5) is 20.6 Å². The summed E-state index contributed by atoms with van der Waals surface area (Å²) in [7, 11) is 0. The first-order chi connectivity index (χ1) is 15.0. The zero-order valence-corrected chi connectivity index (χ0v) is 17.1. The van der Waals surface area contributed by atoms with Crippen molar-refractivity contribution in [2.75, 3.05) is 55.7 Å². The van der Waals surface area contributed by atoms with Crippen LogP contribution < -0.4 is 20.3 Å². The summed E-state index contributed by atoms with van der Waals surface area (Å²) in [6, 6.07) is 13.9. The van der Waals surface area contributed by atoms with Gasteiger partial charge in [-0.1, -0.05) is 18.2 Å². The van der Waals surface area contributed by atoms with E-state index in [4.69, 9.17) is 15.2 Å². The molecule has 164 valence electrons. The number of carbonyl (C=O) groups excluding carboxylic acids is 2. The lowest BCUT2D eigenvalue weighted by molar-refractivity contribution is -0.133. The molecule has 2 amide bonds. The fourth-order valence-electron chi connectivity index (χ4n) is 3.73. The van der Waals surface area contributed by atoms with Crippen molar-refractivity contribution in [3.63, 3.8) is 0 Å². The van der Waals surface area contributed by atoms with Crippen LogP contribution in [0.25, 0.3) is 0 Å². The predicted octanol–water partition coefficient (Wildman–Crippen LogP) is 1.84. The number of hydrogen-bond donors (Lipinski definition) is 1. The molecular formula is C22H25FN4O4. The van der Waals surface area contributed by atoms with Crippen molar-refractivity contribution in [3.8, 4) is 5.75 Å². The van der Waals surface area contributed by atoms with Gasteiger partial charge in [0.25, 0.3) is 5.91 Å². The number of nitrogens with zero attached hydrogens (tertiary/aromatic N) is 3. The number of benzene rings is 2.